The zero-order chi connectivity index (χ0) is 11.4. The Morgan fingerprint density at radius 2 is 2.06 bits per heavy atom. The highest BCUT2D eigenvalue weighted by molar-refractivity contribution is 7.08. The van der Waals surface area contributed by atoms with Gasteiger partial charge in [0.2, 0.25) is 0 Å². The molecule has 2 aromatic heterocycles. The molecule has 4 heteroatoms. The summed E-state index contributed by atoms with van der Waals surface area (Å²) in [5.41, 5.74) is 2.66. The Morgan fingerprint density at radius 1 is 1.25 bits per heavy atom. The van der Waals surface area contributed by atoms with Crippen molar-refractivity contribution in [3.05, 3.63) is 45.5 Å². The van der Waals surface area contributed by atoms with Crippen LogP contribution in [0.5, 0.6) is 0 Å². The van der Waals surface area contributed by atoms with Crippen molar-refractivity contribution in [1.82, 2.24) is 5.32 Å². The second kappa shape index (κ2) is 5.30. The molecule has 3 nitrogen and oxygen atoms in total. The van der Waals surface area contributed by atoms with E-state index in [1.807, 2.05) is 6.07 Å². The van der Waals surface area contributed by atoms with Gasteiger partial charge in [-0.2, -0.15) is 11.3 Å². The minimum Gasteiger partial charge on any atom is -0.462 e. The molecule has 0 radical (unpaired) electrons. The van der Waals surface area contributed by atoms with Gasteiger partial charge in [-0.05, 0) is 40.9 Å². The van der Waals surface area contributed by atoms with E-state index < -0.39 is 0 Å². The molecule has 0 aliphatic carbocycles. The van der Waals surface area contributed by atoms with Gasteiger partial charge >= 0.3 is 0 Å². The lowest BCUT2D eigenvalue weighted by Crippen LogP contribution is -2.12. The van der Waals surface area contributed by atoms with Gasteiger partial charge in [-0.1, -0.05) is 0 Å². The van der Waals surface area contributed by atoms with E-state index in [1.165, 1.54) is 11.1 Å². The lowest BCUT2D eigenvalue weighted by molar-refractivity contribution is 0.242. The molecule has 0 saturated heterocycles. The SMILES string of the molecule is Cc1cscc1CNCc1ccc(CO)o1. The molecular weight excluding hydrogens is 222 g/mol. The minimum absolute atomic E-state index is 0.0381. The number of hydrogen-bond acceptors (Lipinski definition) is 4. The monoisotopic (exact) mass is 237 g/mol. The van der Waals surface area contributed by atoms with Crippen molar-refractivity contribution >= 4 is 11.3 Å². The highest BCUT2D eigenvalue weighted by Gasteiger charge is 2.02. The van der Waals surface area contributed by atoms with Gasteiger partial charge in [-0.25, -0.2) is 0 Å². The van der Waals surface area contributed by atoms with E-state index in [4.69, 9.17) is 9.52 Å². The van der Waals surface area contributed by atoms with E-state index in [2.05, 4.69) is 23.0 Å². The molecule has 2 rings (SSSR count). The van der Waals surface area contributed by atoms with Gasteiger partial charge < -0.3 is 14.8 Å². The van der Waals surface area contributed by atoms with Crippen LogP contribution in [0, 0.1) is 6.92 Å². The molecule has 2 N–H and O–H groups in total. The molecule has 16 heavy (non-hydrogen) atoms. The van der Waals surface area contributed by atoms with Gasteiger partial charge in [-0.3, -0.25) is 0 Å². The van der Waals surface area contributed by atoms with E-state index in [-0.39, 0.29) is 6.61 Å². The fourth-order valence-corrected chi connectivity index (χ4v) is 2.35. The standard InChI is InChI=1S/C12H15NO2S/c1-9-7-16-8-10(9)4-13-5-11-2-3-12(6-14)15-11/h2-3,7-8,13-14H,4-6H2,1H3. The summed E-state index contributed by atoms with van der Waals surface area (Å²) in [6, 6.07) is 3.69. The predicted molar refractivity (Wildman–Crippen MR) is 64.2 cm³/mol. The molecule has 0 unspecified atom stereocenters. The van der Waals surface area contributed by atoms with Crippen LogP contribution in [-0.2, 0) is 19.7 Å². The van der Waals surface area contributed by atoms with Crippen molar-refractivity contribution in [2.75, 3.05) is 0 Å². The second-order valence-corrected chi connectivity index (χ2v) is 4.45. The van der Waals surface area contributed by atoms with Crippen LogP contribution in [0.2, 0.25) is 0 Å². The maximum atomic E-state index is 8.85. The first-order valence-corrected chi connectivity index (χ1v) is 6.14. The highest BCUT2D eigenvalue weighted by Crippen LogP contribution is 2.13. The third-order valence-corrected chi connectivity index (χ3v) is 3.36. The highest BCUT2D eigenvalue weighted by atomic mass is 32.1. The van der Waals surface area contributed by atoms with Crippen LogP contribution >= 0.6 is 11.3 Å². The van der Waals surface area contributed by atoms with Gasteiger partial charge in [0.1, 0.15) is 18.1 Å². The van der Waals surface area contributed by atoms with E-state index in [1.54, 1.807) is 17.4 Å². The van der Waals surface area contributed by atoms with Crippen LogP contribution in [0.25, 0.3) is 0 Å². The quantitative estimate of drug-likeness (QED) is 0.839. The normalized spacial score (nSPS) is 10.9. The zero-order valence-electron chi connectivity index (χ0n) is 9.19. The number of thiophene rings is 1. The van der Waals surface area contributed by atoms with Crippen molar-refractivity contribution in [2.24, 2.45) is 0 Å². The van der Waals surface area contributed by atoms with Crippen molar-refractivity contribution in [3.8, 4) is 0 Å². The van der Waals surface area contributed by atoms with E-state index >= 15 is 0 Å². The van der Waals surface area contributed by atoms with Crippen LogP contribution in [0.1, 0.15) is 22.6 Å². The summed E-state index contributed by atoms with van der Waals surface area (Å²) in [7, 11) is 0. The summed E-state index contributed by atoms with van der Waals surface area (Å²) in [5, 5.41) is 16.5. The zero-order valence-corrected chi connectivity index (χ0v) is 10.0. The Hall–Kier alpha value is -1.10. The molecule has 0 atom stereocenters. The van der Waals surface area contributed by atoms with Crippen molar-refractivity contribution < 1.29 is 9.52 Å². The van der Waals surface area contributed by atoms with Gasteiger partial charge in [0, 0.05) is 6.54 Å². The summed E-state index contributed by atoms with van der Waals surface area (Å²) in [6.07, 6.45) is 0. The maximum absolute atomic E-state index is 8.85. The van der Waals surface area contributed by atoms with Gasteiger partial charge in [0.05, 0.1) is 6.54 Å². The Kier molecular flexibility index (Phi) is 3.77. The van der Waals surface area contributed by atoms with Crippen LogP contribution < -0.4 is 5.32 Å². The predicted octanol–water partition coefficient (Wildman–Crippen LogP) is 2.43. The maximum Gasteiger partial charge on any atom is 0.129 e. The fourth-order valence-electron chi connectivity index (χ4n) is 1.49. The Balaban J connectivity index is 1.82. The molecule has 2 heterocycles. The molecule has 0 aliphatic rings. The number of aliphatic hydroxyl groups excluding tert-OH is 1. The number of rotatable bonds is 5. The lowest BCUT2D eigenvalue weighted by atomic mass is 10.2. The second-order valence-electron chi connectivity index (χ2n) is 3.71. The fraction of sp³-hybridized carbons (Fsp3) is 0.333. The van der Waals surface area contributed by atoms with Crippen molar-refractivity contribution in [3.63, 3.8) is 0 Å². The average Bonchev–Trinajstić information content (AvgIpc) is 2.89. The first-order valence-electron chi connectivity index (χ1n) is 5.20. The molecule has 0 saturated carbocycles. The summed E-state index contributed by atoms with van der Waals surface area (Å²) in [5.74, 6) is 1.47. The molecule has 0 bridgehead atoms. The minimum atomic E-state index is -0.0381. The molecule has 0 amide bonds. The number of hydrogen-bond donors (Lipinski definition) is 2. The number of aliphatic hydroxyl groups is 1. The van der Waals surface area contributed by atoms with Crippen LogP contribution in [0.4, 0.5) is 0 Å². The molecule has 86 valence electrons. The van der Waals surface area contributed by atoms with Gasteiger partial charge in [0.15, 0.2) is 0 Å². The molecule has 0 aliphatic heterocycles. The van der Waals surface area contributed by atoms with E-state index in [0.717, 1.165) is 12.3 Å². The Morgan fingerprint density at radius 3 is 2.69 bits per heavy atom. The lowest BCUT2D eigenvalue weighted by Gasteiger charge is -2.02. The molecule has 2 aromatic rings. The Labute approximate surface area is 98.7 Å². The average molecular weight is 237 g/mol. The Bertz CT molecular complexity index is 447. The topological polar surface area (TPSA) is 45.4 Å². The molecular formula is C12H15NO2S. The molecule has 0 spiro atoms. The first kappa shape index (κ1) is 11.4. The largest absolute Gasteiger partial charge is 0.462 e. The first-order chi connectivity index (χ1) is 7.79. The number of nitrogens with one attached hydrogen (secondary N) is 1. The smallest absolute Gasteiger partial charge is 0.129 e. The van der Waals surface area contributed by atoms with Gasteiger partial charge in [-0.15, -0.1) is 0 Å². The van der Waals surface area contributed by atoms with Gasteiger partial charge in [0.25, 0.3) is 0 Å². The third-order valence-electron chi connectivity index (χ3n) is 2.45. The molecule has 0 fully saturated rings. The number of aryl methyl sites for hydroxylation is 1. The number of furan rings is 1. The molecule has 0 aromatic carbocycles. The summed E-state index contributed by atoms with van der Waals surface area (Å²) < 4.78 is 5.37. The van der Waals surface area contributed by atoms with Crippen LogP contribution in [-0.4, -0.2) is 5.11 Å². The van der Waals surface area contributed by atoms with E-state index in [9.17, 15) is 0 Å². The van der Waals surface area contributed by atoms with E-state index in [0.29, 0.717) is 12.3 Å². The van der Waals surface area contributed by atoms with Crippen molar-refractivity contribution in [1.29, 1.82) is 0 Å². The summed E-state index contributed by atoms with van der Waals surface area (Å²) in [4.78, 5) is 0. The third kappa shape index (κ3) is 2.72. The van der Waals surface area contributed by atoms with Crippen molar-refractivity contribution in [2.45, 2.75) is 26.6 Å². The van der Waals surface area contributed by atoms with Crippen LogP contribution in [0.15, 0.2) is 27.3 Å². The summed E-state index contributed by atoms with van der Waals surface area (Å²) >= 11 is 1.72. The van der Waals surface area contributed by atoms with Crippen LogP contribution in [0.3, 0.4) is 0 Å². The summed E-state index contributed by atoms with van der Waals surface area (Å²) in [6.45, 7) is 3.62.